The highest BCUT2D eigenvalue weighted by molar-refractivity contribution is 14.0. The van der Waals surface area contributed by atoms with Gasteiger partial charge in [0.15, 0.2) is 5.96 Å². The van der Waals surface area contributed by atoms with Crippen LogP contribution in [-0.4, -0.2) is 30.7 Å². The zero-order valence-corrected chi connectivity index (χ0v) is 18.3. The van der Waals surface area contributed by atoms with Crippen LogP contribution < -0.4 is 15.4 Å². The number of aryl methyl sites for hydroxylation is 2. The van der Waals surface area contributed by atoms with Gasteiger partial charge >= 0.3 is 6.18 Å². The van der Waals surface area contributed by atoms with Crippen LogP contribution >= 0.6 is 24.0 Å². The van der Waals surface area contributed by atoms with Crippen LogP contribution in [0.3, 0.4) is 0 Å². The summed E-state index contributed by atoms with van der Waals surface area (Å²) >= 11 is 0. The Hall–Kier alpha value is -2.04. The molecule has 1 aromatic carbocycles. The van der Waals surface area contributed by atoms with Crippen molar-refractivity contribution in [3.63, 3.8) is 0 Å². The molecule has 1 heterocycles. The van der Waals surface area contributed by atoms with Crippen molar-refractivity contribution in [2.24, 2.45) is 4.99 Å². The van der Waals surface area contributed by atoms with Gasteiger partial charge in [0.05, 0.1) is 6.42 Å². The Morgan fingerprint density at radius 3 is 2.50 bits per heavy atom. The molecule has 0 unspecified atom stereocenters. The first-order valence-corrected chi connectivity index (χ1v) is 8.48. The third-order valence-electron chi connectivity index (χ3n) is 3.88. The third kappa shape index (κ3) is 8.32. The SMILES string of the molecule is CN=C(NCCC(F)(F)F)NCc1ccnc(Oc2ccc(C)c(C)c2)c1.I. The van der Waals surface area contributed by atoms with Gasteiger partial charge in [0.2, 0.25) is 5.88 Å². The van der Waals surface area contributed by atoms with E-state index in [1.54, 1.807) is 18.3 Å². The molecule has 0 spiro atoms. The van der Waals surface area contributed by atoms with E-state index >= 15 is 0 Å². The van der Waals surface area contributed by atoms with E-state index in [1.165, 1.54) is 12.6 Å². The van der Waals surface area contributed by atoms with Crippen LogP contribution in [0.4, 0.5) is 13.2 Å². The summed E-state index contributed by atoms with van der Waals surface area (Å²) in [5.41, 5.74) is 3.17. The summed E-state index contributed by atoms with van der Waals surface area (Å²) in [5.74, 6) is 1.44. The average Bonchev–Trinajstić information content (AvgIpc) is 2.60. The maximum Gasteiger partial charge on any atom is 0.390 e. The minimum absolute atomic E-state index is 0. The fourth-order valence-electron chi connectivity index (χ4n) is 2.24. The number of halogens is 4. The van der Waals surface area contributed by atoms with Crippen molar-refractivity contribution < 1.29 is 17.9 Å². The quantitative estimate of drug-likeness (QED) is 0.337. The lowest BCUT2D eigenvalue weighted by Gasteiger charge is -2.13. The van der Waals surface area contributed by atoms with Gasteiger partial charge in [-0.2, -0.15) is 13.2 Å². The van der Waals surface area contributed by atoms with E-state index < -0.39 is 12.6 Å². The summed E-state index contributed by atoms with van der Waals surface area (Å²) in [6.45, 7) is 4.17. The fraction of sp³-hybridized carbons (Fsp3) is 0.368. The van der Waals surface area contributed by atoms with Crippen molar-refractivity contribution in [3.05, 3.63) is 53.2 Å². The van der Waals surface area contributed by atoms with Crippen LogP contribution in [0.15, 0.2) is 41.5 Å². The number of pyridine rings is 1. The third-order valence-corrected chi connectivity index (χ3v) is 3.88. The first-order valence-electron chi connectivity index (χ1n) is 8.48. The number of benzene rings is 1. The molecule has 0 amide bonds. The van der Waals surface area contributed by atoms with Gasteiger partial charge in [-0.05, 0) is 48.7 Å². The van der Waals surface area contributed by atoms with Crippen molar-refractivity contribution in [1.82, 2.24) is 15.6 Å². The Morgan fingerprint density at radius 1 is 1.11 bits per heavy atom. The number of nitrogens with zero attached hydrogens (tertiary/aromatic N) is 2. The van der Waals surface area contributed by atoms with Crippen molar-refractivity contribution in [2.75, 3.05) is 13.6 Å². The molecule has 0 aliphatic carbocycles. The Morgan fingerprint density at radius 2 is 1.86 bits per heavy atom. The molecule has 0 aliphatic heterocycles. The zero-order valence-electron chi connectivity index (χ0n) is 15.9. The van der Waals surface area contributed by atoms with Gasteiger partial charge in [-0.3, -0.25) is 4.99 Å². The number of hydrogen-bond donors (Lipinski definition) is 2. The summed E-state index contributed by atoms with van der Waals surface area (Å²) in [6.07, 6.45) is -3.50. The van der Waals surface area contributed by atoms with Crippen molar-refractivity contribution in [2.45, 2.75) is 33.0 Å². The van der Waals surface area contributed by atoms with Crippen LogP contribution in [0.2, 0.25) is 0 Å². The number of guanidine groups is 1. The van der Waals surface area contributed by atoms with Gasteiger partial charge in [-0.15, -0.1) is 24.0 Å². The minimum atomic E-state index is -4.20. The molecule has 0 saturated carbocycles. The molecule has 0 fully saturated rings. The maximum atomic E-state index is 12.2. The molecular weight excluding hydrogens is 484 g/mol. The van der Waals surface area contributed by atoms with E-state index in [0.717, 1.165) is 11.1 Å². The van der Waals surface area contributed by atoms with Gasteiger partial charge in [0.1, 0.15) is 5.75 Å². The van der Waals surface area contributed by atoms with E-state index in [9.17, 15) is 13.2 Å². The van der Waals surface area contributed by atoms with E-state index in [2.05, 4.69) is 20.6 Å². The van der Waals surface area contributed by atoms with Crippen LogP contribution in [0.5, 0.6) is 11.6 Å². The van der Waals surface area contributed by atoms with E-state index in [1.807, 2.05) is 32.0 Å². The molecule has 2 rings (SSSR count). The van der Waals surface area contributed by atoms with E-state index in [4.69, 9.17) is 4.74 Å². The van der Waals surface area contributed by atoms with Gasteiger partial charge in [0.25, 0.3) is 0 Å². The normalized spacial score (nSPS) is 11.6. The molecule has 9 heteroatoms. The summed E-state index contributed by atoms with van der Waals surface area (Å²) < 4.78 is 42.4. The smallest absolute Gasteiger partial charge is 0.390 e. The second-order valence-electron chi connectivity index (χ2n) is 6.07. The Kier molecular flexibility index (Phi) is 9.50. The standard InChI is InChI=1S/C19H23F3N4O.HI/c1-13-4-5-16(10-14(13)2)27-17-11-15(6-8-24-17)12-26-18(23-3)25-9-7-19(20,21)22;/h4-6,8,10-11H,7,9,12H2,1-3H3,(H2,23,25,26);1H. The largest absolute Gasteiger partial charge is 0.439 e. The topological polar surface area (TPSA) is 58.5 Å². The summed E-state index contributed by atoms with van der Waals surface area (Å²) in [5, 5.41) is 5.60. The molecule has 0 saturated heterocycles. The molecule has 0 radical (unpaired) electrons. The number of aliphatic imine (C=N–C) groups is 1. The molecule has 0 atom stereocenters. The second kappa shape index (κ2) is 11.1. The molecular formula is C19H24F3IN4O. The second-order valence-corrected chi connectivity index (χ2v) is 6.07. The van der Waals surface area contributed by atoms with E-state index in [-0.39, 0.29) is 30.5 Å². The number of ether oxygens (including phenoxy) is 1. The van der Waals surface area contributed by atoms with Crippen molar-refractivity contribution in [3.8, 4) is 11.6 Å². The summed E-state index contributed by atoms with van der Waals surface area (Å²) in [4.78, 5) is 8.10. The first kappa shape index (κ1) is 24.0. The summed E-state index contributed by atoms with van der Waals surface area (Å²) in [6, 6.07) is 9.36. The van der Waals surface area contributed by atoms with Crippen LogP contribution in [0.25, 0.3) is 0 Å². The fourth-order valence-corrected chi connectivity index (χ4v) is 2.24. The number of rotatable bonds is 6. The highest BCUT2D eigenvalue weighted by Gasteiger charge is 2.26. The highest BCUT2D eigenvalue weighted by atomic mass is 127. The van der Waals surface area contributed by atoms with Crippen molar-refractivity contribution >= 4 is 29.9 Å². The van der Waals surface area contributed by atoms with Crippen LogP contribution in [-0.2, 0) is 6.54 Å². The average molecular weight is 508 g/mol. The molecule has 28 heavy (non-hydrogen) atoms. The minimum Gasteiger partial charge on any atom is -0.439 e. The molecule has 1 aromatic heterocycles. The zero-order chi connectivity index (χ0) is 19.9. The van der Waals surface area contributed by atoms with E-state index in [0.29, 0.717) is 24.1 Å². The van der Waals surface area contributed by atoms with Gasteiger partial charge in [-0.25, -0.2) is 4.98 Å². The lowest BCUT2D eigenvalue weighted by Crippen LogP contribution is -2.38. The molecule has 2 aromatic rings. The molecule has 0 aliphatic rings. The van der Waals surface area contributed by atoms with Crippen LogP contribution in [0.1, 0.15) is 23.1 Å². The molecule has 0 bridgehead atoms. The lowest BCUT2D eigenvalue weighted by atomic mass is 10.1. The number of alkyl halides is 3. The predicted molar refractivity (Wildman–Crippen MR) is 115 cm³/mol. The van der Waals surface area contributed by atoms with Gasteiger partial charge in [0, 0.05) is 32.4 Å². The molecule has 5 nitrogen and oxygen atoms in total. The number of hydrogen-bond acceptors (Lipinski definition) is 3. The van der Waals surface area contributed by atoms with Crippen LogP contribution in [0, 0.1) is 13.8 Å². The predicted octanol–water partition coefficient (Wildman–Crippen LogP) is 4.73. The molecule has 2 N–H and O–H groups in total. The highest BCUT2D eigenvalue weighted by Crippen LogP contribution is 2.22. The number of nitrogens with one attached hydrogen (secondary N) is 2. The Labute approximate surface area is 179 Å². The Balaban J connectivity index is 0.00000392. The lowest BCUT2D eigenvalue weighted by molar-refractivity contribution is -0.132. The monoisotopic (exact) mass is 508 g/mol. The number of aromatic nitrogens is 1. The molecule has 154 valence electrons. The first-order chi connectivity index (χ1) is 12.8. The summed E-state index contributed by atoms with van der Waals surface area (Å²) in [7, 11) is 1.50. The van der Waals surface area contributed by atoms with Gasteiger partial charge < -0.3 is 15.4 Å². The van der Waals surface area contributed by atoms with Gasteiger partial charge in [-0.1, -0.05) is 6.07 Å². The Bertz CT molecular complexity index is 797. The van der Waals surface area contributed by atoms with Crippen molar-refractivity contribution in [1.29, 1.82) is 0 Å². The maximum absolute atomic E-state index is 12.2.